The van der Waals surface area contributed by atoms with Gasteiger partial charge >= 0.3 is 12.4 Å². The maximum absolute atomic E-state index is 12.8. The maximum Gasteiger partial charge on any atom is 0.418 e. The van der Waals surface area contributed by atoms with Crippen LogP contribution in [-0.2, 0) is 12.4 Å². The van der Waals surface area contributed by atoms with Crippen molar-refractivity contribution < 1.29 is 31.1 Å². The zero-order valence-electron chi connectivity index (χ0n) is 9.93. The van der Waals surface area contributed by atoms with Gasteiger partial charge in [0.2, 0.25) is 0 Å². The molecule has 1 aliphatic heterocycles. The third-order valence-corrected chi connectivity index (χ3v) is 2.85. The Bertz CT molecular complexity index is 599. The summed E-state index contributed by atoms with van der Waals surface area (Å²) in [4.78, 5) is 15.2. The molecule has 108 valence electrons. The predicted octanol–water partition coefficient (Wildman–Crippen LogP) is 4.26. The number of alkyl halides is 6. The Kier molecular flexibility index (Phi) is 3.14. The molecule has 0 saturated heterocycles. The largest absolute Gasteiger partial charge is 0.418 e. The first-order valence-electron chi connectivity index (χ1n) is 5.42. The fourth-order valence-electron chi connectivity index (χ4n) is 1.84. The van der Waals surface area contributed by atoms with Gasteiger partial charge in [-0.25, -0.2) is 0 Å². The molecule has 0 radical (unpaired) electrons. The molecule has 20 heavy (non-hydrogen) atoms. The van der Waals surface area contributed by atoms with Crippen LogP contribution in [0.15, 0.2) is 17.1 Å². The lowest BCUT2D eigenvalue weighted by Gasteiger charge is -2.20. The van der Waals surface area contributed by atoms with Crippen LogP contribution in [0.5, 0.6) is 0 Å². The number of carbonyl (C=O) groups is 1. The van der Waals surface area contributed by atoms with E-state index in [9.17, 15) is 31.1 Å². The average molecular weight is 295 g/mol. The number of Topliss-reactive ketones (excluding diaryl/α,β-unsaturated/α-hetero) is 1. The number of halogens is 6. The van der Waals surface area contributed by atoms with Gasteiger partial charge in [0.15, 0.2) is 5.78 Å². The molecule has 1 aromatic carbocycles. The first-order chi connectivity index (χ1) is 9.01. The van der Waals surface area contributed by atoms with E-state index in [4.69, 9.17) is 0 Å². The van der Waals surface area contributed by atoms with E-state index in [1.807, 2.05) is 0 Å². The van der Waals surface area contributed by atoms with E-state index in [0.717, 1.165) is 6.21 Å². The molecule has 0 bridgehead atoms. The van der Waals surface area contributed by atoms with Crippen molar-refractivity contribution >= 4 is 17.7 Å². The SMILES string of the molecule is CC1C=Nc2c(cc(C(F)(F)F)cc2C(F)(F)F)C1=O. The Balaban J connectivity index is 2.78. The molecule has 0 aromatic heterocycles. The highest BCUT2D eigenvalue weighted by molar-refractivity contribution is 6.12. The van der Waals surface area contributed by atoms with Gasteiger partial charge in [0.05, 0.1) is 22.7 Å². The first-order valence-corrected chi connectivity index (χ1v) is 5.42. The van der Waals surface area contributed by atoms with E-state index in [0.29, 0.717) is 6.07 Å². The monoisotopic (exact) mass is 295 g/mol. The van der Waals surface area contributed by atoms with Crippen molar-refractivity contribution in [1.29, 1.82) is 0 Å². The van der Waals surface area contributed by atoms with Gasteiger partial charge in [0, 0.05) is 11.8 Å². The number of hydrogen-bond donors (Lipinski definition) is 0. The van der Waals surface area contributed by atoms with Crippen LogP contribution in [0.3, 0.4) is 0 Å². The van der Waals surface area contributed by atoms with Crippen LogP contribution in [0.1, 0.15) is 28.4 Å². The highest BCUT2D eigenvalue weighted by atomic mass is 19.4. The third-order valence-electron chi connectivity index (χ3n) is 2.85. The number of nitrogens with zero attached hydrogens (tertiary/aromatic N) is 1. The summed E-state index contributed by atoms with van der Waals surface area (Å²) in [6, 6.07) is 0.388. The molecule has 1 heterocycles. The molecule has 1 atom stereocenters. The Hall–Kier alpha value is -1.86. The molecular formula is C12H7F6NO. The van der Waals surface area contributed by atoms with Crippen LogP contribution in [0.4, 0.5) is 32.0 Å². The molecule has 2 rings (SSSR count). The zero-order chi connectivity index (χ0) is 15.3. The maximum atomic E-state index is 12.8. The minimum absolute atomic E-state index is 0.0283. The summed E-state index contributed by atoms with van der Waals surface area (Å²) in [6.45, 7) is 1.35. The second kappa shape index (κ2) is 4.32. The fourth-order valence-corrected chi connectivity index (χ4v) is 1.84. The Morgan fingerprint density at radius 1 is 1.05 bits per heavy atom. The van der Waals surface area contributed by atoms with Gasteiger partial charge < -0.3 is 0 Å². The van der Waals surface area contributed by atoms with Crippen LogP contribution in [0.2, 0.25) is 0 Å². The zero-order valence-corrected chi connectivity index (χ0v) is 9.93. The molecule has 0 N–H and O–H groups in total. The number of carbonyl (C=O) groups excluding carboxylic acids is 1. The van der Waals surface area contributed by atoms with Gasteiger partial charge in [-0.3, -0.25) is 9.79 Å². The van der Waals surface area contributed by atoms with Crippen molar-refractivity contribution in [3.05, 3.63) is 28.8 Å². The van der Waals surface area contributed by atoms with E-state index >= 15 is 0 Å². The van der Waals surface area contributed by atoms with E-state index in [1.54, 1.807) is 0 Å². The van der Waals surface area contributed by atoms with Gasteiger partial charge in [-0.1, -0.05) is 6.92 Å². The molecule has 1 unspecified atom stereocenters. The molecule has 0 fully saturated rings. The molecule has 8 heteroatoms. The summed E-state index contributed by atoms with van der Waals surface area (Å²) in [7, 11) is 0. The number of hydrogen-bond acceptors (Lipinski definition) is 2. The number of rotatable bonds is 0. The van der Waals surface area contributed by atoms with Crippen molar-refractivity contribution in [3.63, 3.8) is 0 Å². The Labute approximate surface area is 109 Å². The van der Waals surface area contributed by atoms with E-state index < -0.39 is 46.4 Å². The molecule has 1 aliphatic rings. The average Bonchev–Trinajstić information content (AvgIpc) is 2.30. The lowest BCUT2D eigenvalue weighted by molar-refractivity contribution is -0.142. The van der Waals surface area contributed by atoms with Gasteiger partial charge in [-0.05, 0) is 12.1 Å². The summed E-state index contributed by atoms with van der Waals surface area (Å²) >= 11 is 0. The second-order valence-electron chi connectivity index (χ2n) is 4.35. The highest BCUT2D eigenvalue weighted by Crippen LogP contribution is 2.44. The molecule has 0 spiro atoms. The Morgan fingerprint density at radius 3 is 2.15 bits per heavy atom. The quantitative estimate of drug-likeness (QED) is 0.658. The second-order valence-corrected chi connectivity index (χ2v) is 4.35. The van der Waals surface area contributed by atoms with Crippen molar-refractivity contribution in [3.8, 4) is 0 Å². The van der Waals surface area contributed by atoms with Crippen LogP contribution in [0, 0.1) is 5.92 Å². The van der Waals surface area contributed by atoms with Gasteiger partial charge in [0.1, 0.15) is 0 Å². The smallest absolute Gasteiger partial charge is 0.293 e. The first kappa shape index (κ1) is 14.5. The van der Waals surface area contributed by atoms with Crippen LogP contribution in [0.25, 0.3) is 0 Å². The van der Waals surface area contributed by atoms with Gasteiger partial charge in [-0.2, -0.15) is 26.3 Å². The highest BCUT2D eigenvalue weighted by Gasteiger charge is 2.41. The topological polar surface area (TPSA) is 29.4 Å². The Morgan fingerprint density at radius 2 is 1.65 bits per heavy atom. The molecule has 0 saturated carbocycles. The van der Waals surface area contributed by atoms with Gasteiger partial charge in [-0.15, -0.1) is 0 Å². The minimum atomic E-state index is -5.02. The van der Waals surface area contributed by atoms with Crippen molar-refractivity contribution in [2.75, 3.05) is 0 Å². The lowest BCUT2D eigenvalue weighted by atomic mass is 9.91. The minimum Gasteiger partial charge on any atom is -0.293 e. The number of fused-ring (bicyclic) bond motifs is 1. The third kappa shape index (κ3) is 2.41. The standard InChI is InChI=1S/C12H7F6NO/c1-5-4-19-9-7(10(5)20)2-6(11(13,14)15)3-8(9)12(16,17)18/h2-5H,1H3. The van der Waals surface area contributed by atoms with E-state index in [-0.39, 0.29) is 6.07 Å². The summed E-state index contributed by atoms with van der Waals surface area (Å²) < 4.78 is 76.3. The lowest BCUT2D eigenvalue weighted by Crippen LogP contribution is -2.21. The van der Waals surface area contributed by atoms with E-state index in [2.05, 4.69) is 4.99 Å². The summed E-state index contributed by atoms with van der Waals surface area (Å²) in [6.07, 6.45) is -9.00. The number of aliphatic imine (C=N–C) groups is 1. The molecular weight excluding hydrogens is 288 g/mol. The fraction of sp³-hybridized carbons (Fsp3) is 0.333. The summed E-state index contributed by atoms with van der Waals surface area (Å²) in [5, 5.41) is 0. The van der Waals surface area contributed by atoms with Crippen molar-refractivity contribution in [2.45, 2.75) is 19.3 Å². The van der Waals surface area contributed by atoms with Gasteiger partial charge in [0.25, 0.3) is 0 Å². The molecule has 1 aromatic rings. The number of ketones is 1. The predicted molar refractivity (Wildman–Crippen MR) is 58.1 cm³/mol. The number of benzene rings is 1. The van der Waals surface area contributed by atoms with E-state index in [1.165, 1.54) is 6.92 Å². The molecule has 2 nitrogen and oxygen atoms in total. The van der Waals surface area contributed by atoms with Crippen molar-refractivity contribution in [1.82, 2.24) is 0 Å². The van der Waals surface area contributed by atoms with Crippen molar-refractivity contribution in [2.24, 2.45) is 10.9 Å². The van der Waals surface area contributed by atoms with Crippen LogP contribution in [-0.4, -0.2) is 12.0 Å². The molecule has 0 aliphatic carbocycles. The summed E-state index contributed by atoms with van der Waals surface area (Å²) in [5.74, 6) is -1.67. The normalized spacial score (nSPS) is 19.1. The van der Waals surface area contributed by atoms with Crippen LogP contribution < -0.4 is 0 Å². The molecule has 0 amide bonds. The summed E-state index contributed by atoms with van der Waals surface area (Å²) in [5.41, 5.74) is -4.48. The van der Waals surface area contributed by atoms with Crippen LogP contribution >= 0.6 is 0 Å².